The second-order valence-corrected chi connectivity index (χ2v) is 5.75. The van der Waals surface area contributed by atoms with E-state index < -0.39 is 0 Å². The average molecular weight is 284 g/mol. The summed E-state index contributed by atoms with van der Waals surface area (Å²) in [7, 11) is 1.68. The van der Waals surface area contributed by atoms with E-state index in [9.17, 15) is 0 Å². The Morgan fingerprint density at radius 3 is 2.55 bits per heavy atom. The Morgan fingerprint density at radius 1 is 1.10 bits per heavy atom. The van der Waals surface area contributed by atoms with Gasteiger partial charge in [-0.3, -0.25) is 5.43 Å². The molecule has 0 bridgehead atoms. The summed E-state index contributed by atoms with van der Waals surface area (Å²) in [5.74, 6) is 0.877. The van der Waals surface area contributed by atoms with Crippen LogP contribution in [0, 0.1) is 0 Å². The number of benzene rings is 2. The predicted molar refractivity (Wildman–Crippen MR) is 84.0 cm³/mol. The Kier molecular flexibility index (Phi) is 3.92. The van der Waals surface area contributed by atoms with E-state index in [2.05, 4.69) is 46.9 Å². The molecule has 2 aromatic carbocycles. The molecular weight excluding hydrogens is 268 g/mol. The zero-order chi connectivity index (χ0) is 13.8. The first-order chi connectivity index (χ1) is 9.85. The monoisotopic (exact) mass is 284 g/mol. The van der Waals surface area contributed by atoms with Crippen molar-refractivity contribution >= 4 is 16.8 Å². The Bertz CT molecular complexity index is 596. The molecule has 1 atom stereocenters. The Hall–Kier alpha value is -1.94. The van der Waals surface area contributed by atoms with Crippen LogP contribution >= 0.6 is 11.8 Å². The minimum atomic E-state index is 0.194. The van der Waals surface area contributed by atoms with Gasteiger partial charge in [-0.1, -0.05) is 54.2 Å². The first-order valence-electron chi connectivity index (χ1n) is 6.52. The molecular formula is C16H16N2OS. The smallest absolute Gasteiger partial charge is 0.120 e. The molecule has 0 amide bonds. The first kappa shape index (κ1) is 13.1. The number of nitrogens with zero attached hydrogens (tertiary/aromatic N) is 1. The van der Waals surface area contributed by atoms with E-state index in [0.717, 1.165) is 17.2 Å². The molecule has 1 aliphatic rings. The second kappa shape index (κ2) is 6.01. The van der Waals surface area contributed by atoms with Gasteiger partial charge < -0.3 is 4.74 Å². The third-order valence-electron chi connectivity index (χ3n) is 3.18. The molecule has 3 nitrogen and oxygen atoms in total. The van der Waals surface area contributed by atoms with Crippen molar-refractivity contribution in [2.24, 2.45) is 5.10 Å². The van der Waals surface area contributed by atoms with E-state index in [-0.39, 0.29) is 5.37 Å². The molecule has 1 heterocycles. The third kappa shape index (κ3) is 2.96. The molecule has 0 radical (unpaired) electrons. The molecule has 1 aliphatic heterocycles. The van der Waals surface area contributed by atoms with Crippen LogP contribution in [0.5, 0.6) is 5.75 Å². The number of methoxy groups -OCH3 is 1. The average Bonchev–Trinajstić information content (AvgIpc) is 2.97. The van der Waals surface area contributed by atoms with Crippen LogP contribution in [0.4, 0.5) is 0 Å². The molecule has 4 heteroatoms. The fourth-order valence-corrected chi connectivity index (χ4v) is 3.12. The van der Waals surface area contributed by atoms with Crippen molar-refractivity contribution in [3.8, 4) is 5.75 Å². The van der Waals surface area contributed by atoms with E-state index >= 15 is 0 Å². The fourth-order valence-electron chi connectivity index (χ4n) is 2.09. The lowest BCUT2D eigenvalue weighted by molar-refractivity contribution is 0.414. The SMILES string of the molecule is COc1ccc(C2NN=C(Cc3ccccc3)S2)cc1. The molecule has 102 valence electrons. The van der Waals surface area contributed by atoms with Gasteiger partial charge in [0.15, 0.2) is 0 Å². The number of nitrogens with one attached hydrogen (secondary N) is 1. The molecule has 0 saturated carbocycles. The zero-order valence-electron chi connectivity index (χ0n) is 11.2. The topological polar surface area (TPSA) is 33.6 Å². The maximum Gasteiger partial charge on any atom is 0.120 e. The van der Waals surface area contributed by atoms with Gasteiger partial charge in [0.1, 0.15) is 11.1 Å². The van der Waals surface area contributed by atoms with Crippen LogP contribution in [0.15, 0.2) is 59.7 Å². The van der Waals surface area contributed by atoms with Crippen molar-refractivity contribution in [3.63, 3.8) is 0 Å². The highest BCUT2D eigenvalue weighted by atomic mass is 32.2. The summed E-state index contributed by atoms with van der Waals surface area (Å²) in [6.07, 6.45) is 0.880. The van der Waals surface area contributed by atoms with Gasteiger partial charge in [0, 0.05) is 6.42 Å². The largest absolute Gasteiger partial charge is 0.497 e. The number of rotatable bonds is 4. The summed E-state index contributed by atoms with van der Waals surface area (Å²) >= 11 is 1.77. The zero-order valence-corrected chi connectivity index (χ0v) is 12.1. The van der Waals surface area contributed by atoms with Gasteiger partial charge in [-0.2, -0.15) is 5.10 Å². The van der Waals surface area contributed by atoms with Crippen LogP contribution in [0.2, 0.25) is 0 Å². The van der Waals surface area contributed by atoms with Crippen molar-refractivity contribution in [1.82, 2.24) is 5.43 Å². The number of ether oxygens (including phenoxy) is 1. The minimum Gasteiger partial charge on any atom is -0.497 e. The molecule has 0 aromatic heterocycles. The van der Waals surface area contributed by atoms with Gasteiger partial charge in [-0.25, -0.2) is 0 Å². The van der Waals surface area contributed by atoms with Gasteiger partial charge in [0.2, 0.25) is 0 Å². The summed E-state index contributed by atoms with van der Waals surface area (Å²) in [5, 5.41) is 5.75. The lowest BCUT2D eigenvalue weighted by Gasteiger charge is -2.10. The number of thioether (sulfide) groups is 1. The lowest BCUT2D eigenvalue weighted by Crippen LogP contribution is -2.06. The number of hydrogen-bond donors (Lipinski definition) is 1. The van der Waals surface area contributed by atoms with Crippen LogP contribution in [0.25, 0.3) is 0 Å². The quantitative estimate of drug-likeness (QED) is 0.931. The fraction of sp³-hybridized carbons (Fsp3) is 0.188. The van der Waals surface area contributed by atoms with Gasteiger partial charge in [0.25, 0.3) is 0 Å². The molecule has 1 unspecified atom stereocenters. The Balaban J connectivity index is 1.63. The molecule has 20 heavy (non-hydrogen) atoms. The van der Waals surface area contributed by atoms with Crippen molar-refractivity contribution in [2.45, 2.75) is 11.8 Å². The highest BCUT2D eigenvalue weighted by Crippen LogP contribution is 2.33. The summed E-state index contributed by atoms with van der Waals surface area (Å²) in [6.45, 7) is 0. The van der Waals surface area contributed by atoms with Gasteiger partial charge in [-0.05, 0) is 23.3 Å². The van der Waals surface area contributed by atoms with Crippen LogP contribution in [0.1, 0.15) is 16.5 Å². The van der Waals surface area contributed by atoms with E-state index in [1.165, 1.54) is 11.1 Å². The van der Waals surface area contributed by atoms with Crippen molar-refractivity contribution in [2.75, 3.05) is 7.11 Å². The maximum atomic E-state index is 5.18. The van der Waals surface area contributed by atoms with E-state index in [1.54, 1.807) is 18.9 Å². The van der Waals surface area contributed by atoms with Gasteiger partial charge in [-0.15, -0.1) is 0 Å². The Morgan fingerprint density at radius 2 is 1.85 bits per heavy atom. The minimum absolute atomic E-state index is 0.194. The van der Waals surface area contributed by atoms with Crippen LogP contribution in [-0.4, -0.2) is 12.2 Å². The number of hydrazone groups is 1. The molecule has 2 aromatic rings. The van der Waals surface area contributed by atoms with Crippen molar-refractivity contribution in [1.29, 1.82) is 0 Å². The highest BCUT2D eigenvalue weighted by Gasteiger charge is 2.20. The summed E-state index contributed by atoms with van der Waals surface area (Å²) < 4.78 is 5.18. The first-order valence-corrected chi connectivity index (χ1v) is 7.40. The molecule has 0 saturated heterocycles. The summed E-state index contributed by atoms with van der Waals surface area (Å²) in [5.41, 5.74) is 5.69. The molecule has 0 spiro atoms. The standard InChI is InChI=1S/C16H16N2OS/c1-19-14-9-7-13(8-10-14)16-18-17-15(20-16)11-12-5-3-2-4-6-12/h2-10,16,18H,11H2,1H3. The molecule has 0 fully saturated rings. The normalized spacial score (nSPS) is 17.4. The van der Waals surface area contributed by atoms with Crippen molar-refractivity contribution < 1.29 is 4.74 Å². The Labute approximate surface area is 123 Å². The van der Waals surface area contributed by atoms with Gasteiger partial charge in [0.05, 0.1) is 12.2 Å². The van der Waals surface area contributed by atoms with Gasteiger partial charge >= 0.3 is 0 Å². The van der Waals surface area contributed by atoms with Crippen LogP contribution in [0.3, 0.4) is 0 Å². The maximum absolute atomic E-state index is 5.18. The molecule has 0 aliphatic carbocycles. The van der Waals surface area contributed by atoms with Crippen molar-refractivity contribution in [3.05, 3.63) is 65.7 Å². The summed E-state index contributed by atoms with van der Waals surface area (Å²) in [4.78, 5) is 0. The van der Waals surface area contributed by atoms with E-state index in [1.807, 2.05) is 18.2 Å². The predicted octanol–water partition coefficient (Wildman–Crippen LogP) is 3.59. The summed E-state index contributed by atoms with van der Waals surface area (Å²) in [6, 6.07) is 18.5. The van der Waals surface area contributed by atoms with Crippen LogP contribution in [-0.2, 0) is 6.42 Å². The van der Waals surface area contributed by atoms with Crippen LogP contribution < -0.4 is 10.2 Å². The highest BCUT2D eigenvalue weighted by molar-refractivity contribution is 8.14. The number of hydrogen-bond acceptors (Lipinski definition) is 4. The van der Waals surface area contributed by atoms with E-state index in [4.69, 9.17) is 4.74 Å². The third-order valence-corrected chi connectivity index (χ3v) is 4.30. The van der Waals surface area contributed by atoms with E-state index in [0.29, 0.717) is 0 Å². The second-order valence-electron chi connectivity index (χ2n) is 4.57. The lowest BCUT2D eigenvalue weighted by atomic mass is 10.2. The molecule has 3 rings (SSSR count). The molecule has 1 N–H and O–H groups in total.